The van der Waals surface area contributed by atoms with Crippen LogP contribution in [0.15, 0.2) is 53.0 Å². The maximum Gasteiger partial charge on any atom is 0.321 e. The fraction of sp³-hybridized carbons (Fsp3) is 0.263. The molecule has 0 aliphatic rings. The topological polar surface area (TPSA) is 88.9 Å². The highest BCUT2D eigenvalue weighted by Crippen LogP contribution is 2.28. The summed E-state index contributed by atoms with van der Waals surface area (Å²) in [7, 11) is 0. The Balaban J connectivity index is 1.73. The van der Waals surface area contributed by atoms with Crippen LogP contribution in [0.2, 0.25) is 0 Å². The Morgan fingerprint density at radius 2 is 1.93 bits per heavy atom. The maximum atomic E-state index is 12.1. The lowest BCUT2D eigenvalue weighted by Gasteiger charge is -2.10. The number of benzene rings is 1. The van der Waals surface area contributed by atoms with Crippen molar-refractivity contribution < 1.29 is 9.59 Å². The number of imide groups is 1. The first kappa shape index (κ1) is 20.1. The van der Waals surface area contributed by atoms with Gasteiger partial charge in [0.15, 0.2) is 11.0 Å². The van der Waals surface area contributed by atoms with Gasteiger partial charge in [-0.25, -0.2) is 4.79 Å². The minimum absolute atomic E-state index is 0.0391. The molecular formula is C19H21N5O2S2. The largest absolute Gasteiger partial charge is 0.336 e. The van der Waals surface area contributed by atoms with Gasteiger partial charge < -0.3 is 5.32 Å². The highest BCUT2D eigenvalue weighted by atomic mass is 32.2. The molecule has 0 aliphatic heterocycles. The number of hydrogen-bond donors (Lipinski definition) is 2. The Morgan fingerprint density at radius 1 is 1.14 bits per heavy atom. The molecule has 0 fully saturated rings. The Bertz CT molecular complexity index is 923. The molecule has 3 amide bonds. The number of hydrogen-bond acceptors (Lipinski definition) is 6. The summed E-state index contributed by atoms with van der Waals surface area (Å²) in [5, 5.41) is 16.2. The summed E-state index contributed by atoms with van der Waals surface area (Å²) >= 11 is 2.84. The number of thiophene rings is 1. The average molecular weight is 416 g/mol. The predicted molar refractivity (Wildman–Crippen MR) is 111 cm³/mol. The monoisotopic (exact) mass is 415 g/mol. The Morgan fingerprint density at radius 3 is 2.61 bits per heavy atom. The van der Waals surface area contributed by atoms with E-state index in [1.807, 2.05) is 66.3 Å². The molecule has 0 bridgehead atoms. The highest BCUT2D eigenvalue weighted by molar-refractivity contribution is 7.99. The third-order valence-electron chi connectivity index (χ3n) is 3.65. The van der Waals surface area contributed by atoms with Gasteiger partial charge in [0.2, 0.25) is 5.91 Å². The summed E-state index contributed by atoms with van der Waals surface area (Å²) in [6.07, 6.45) is 0. The highest BCUT2D eigenvalue weighted by Gasteiger charge is 2.17. The molecule has 2 N–H and O–H groups in total. The van der Waals surface area contributed by atoms with E-state index in [2.05, 4.69) is 20.8 Å². The third kappa shape index (κ3) is 5.43. The van der Waals surface area contributed by atoms with Crippen LogP contribution in [0, 0.1) is 0 Å². The second-order valence-corrected chi connectivity index (χ2v) is 8.21. The number of nitrogens with zero attached hydrogens (tertiary/aromatic N) is 3. The molecule has 3 rings (SSSR count). The van der Waals surface area contributed by atoms with E-state index >= 15 is 0 Å². The van der Waals surface area contributed by atoms with E-state index in [-0.39, 0.29) is 17.7 Å². The molecule has 0 saturated carbocycles. The van der Waals surface area contributed by atoms with E-state index in [1.54, 1.807) is 11.3 Å². The van der Waals surface area contributed by atoms with E-state index in [4.69, 9.17) is 0 Å². The first-order valence-electron chi connectivity index (χ1n) is 8.77. The van der Waals surface area contributed by atoms with Gasteiger partial charge >= 0.3 is 6.03 Å². The smallest absolute Gasteiger partial charge is 0.321 e. The molecule has 0 spiro atoms. The van der Waals surface area contributed by atoms with Crippen molar-refractivity contribution in [2.24, 2.45) is 0 Å². The first-order chi connectivity index (χ1) is 13.5. The van der Waals surface area contributed by atoms with Crippen LogP contribution in [-0.4, -0.2) is 38.5 Å². The minimum atomic E-state index is -0.495. The molecule has 0 unspecified atom stereocenters. The lowest BCUT2D eigenvalue weighted by Crippen LogP contribution is -2.43. The third-order valence-corrected chi connectivity index (χ3v) is 5.48. The van der Waals surface area contributed by atoms with E-state index in [9.17, 15) is 9.59 Å². The van der Waals surface area contributed by atoms with Gasteiger partial charge in [0.25, 0.3) is 0 Å². The van der Waals surface area contributed by atoms with Gasteiger partial charge in [-0.3, -0.25) is 14.7 Å². The molecule has 3 aromatic rings. The van der Waals surface area contributed by atoms with Crippen molar-refractivity contribution in [1.29, 1.82) is 0 Å². The maximum absolute atomic E-state index is 12.1. The lowest BCUT2D eigenvalue weighted by atomic mass is 10.2. The van der Waals surface area contributed by atoms with Crippen LogP contribution in [0.3, 0.4) is 0 Å². The van der Waals surface area contributed by atoms with Crippen LogP contribution in [0.1, 0.15) is 19.4 Å². The van der Waals surface area contributed by atoms with Crippen LogP contribution >= 0.6 is 23.1 Å². The van der Waals surface area contributed by atoms with Crippen molar-refractivity contribution in [3.8, 4) is 10.7 Å². The standard InChI is InChI=1S/C19H21N5O2S2/c1-13(2)20-18(26)21-16(25)12-28-19-23-22-17(15-9-6-10-27-15)24(19)11-14-7-4-3-5-8-14/h3-10,13H,11-12H2,1-2H3,(H2,20,21,25,26). The van der Waals surface area contributed by atoms with Crippen molar-refractivity contribution in [2.75, 3.05) is 5.75 Å². The summed E-state index contributed by atoms with van der Waals surface area (Å²) < 4.78 is 1.99. The van der Waals surface area contributed by atoms with Crippen molar-refractivity contribution in [3.63, 3.8) is 0 Å². The van der Waals surface area contributed by atoms with Gasteiger partial charge in [-0.05, 0) is 30.9 Å². The van der Waals surface area contributed by atoms with Crippen LogP contribution in [0.25, 0.3) is 10.7 Å². The number of thioether (sulfide) groups is 1. The molecule has 0 radical (unpaired) electrons. The number of aromatic nitrogens is 3. The van der Waals surface area contributed by atoms with E-state index < -0.39 is 6.03 Å². The SMILES string of the molecule is CC(C)NC(=O)NC(=O)CSc1nnc(-c2cccs2)n1Cc1ccccc1. The lowest BCUT2D eigenvalue weighted by molar-refractivity contribution is -0.117. The Labute approximate surface area is 171 Å². The number of amides is 3. The first-order valence-corrected chi connectivity index (χ1v) is 10.6. The van der Waals surface area contributed by atoms with Crippen LogP contribution < -0.4 is 10.6 Å². The van der Waals surface area contributed by atoms with Crippen molar-refractivity contribution in [3.05, 3.63) is 53.4 Å². The van der Waals surface area contributed by atoms with Crippen molar-refractivity contribution in [1.82, 2.24) is 25.4 Å². The van der Waals surface area contributed by atoms with E-state index in [0.29, 0.717) is 11.7 Å². The number of nitrogens with one attached hydrogen (secondary N) is 2. The average Bonchev–Trinajstić information content (AvgIpc) is 3.30. The zero-order valence-electron chi connectivity index (χ0n) is 15.6. The molecule has 2 heterocycles. The van der Waals surface area contributed by atoms with Gasteiger partial charge in [-0.15, -0.1) is 21.5 Å². The van der Waals surface area contributed by atoms with Gasteiger partial charge in [0.05, 0.1) is 17.2 Å². The minimum Gasteiger partial charge on any atom is -0.336 e. The normalized spacial score (nSPS) is 10.8. The number of urea groups is 1. The second-order valence-electron chi connectivity index (χ2n) is 6.32. The molecular weight excluding hydrogens is 394 g/mol. The summed E-state index contributed by atoms with van der Waals surface area (Å²) in [6.45, 7) is 4.26. The molecule has 7 nitrogen and oxygen atoms in total. The fourth-order valence-electron chi connectivity index (χ4n) is 2.48. The summed E-state index contributed by atoms with van der Waals surface area (Å²) in [5.74, 6) is 0.456. The molecule has 0 atom stereocenters. The molecule has 2 aromatic heterocycles. The molecule has 9 heteroatoms. The molecule has 1 aromatic carbocycles. The Kier molecular flexibility index (Phi) is 6.83. The van der Waals surface area contributed by atoms with Gasteiger partial charge in [0.1, 0.15) is 0 Å². The van der Waals surface area contributed by atoms with Crippen LogP contribution in [0.5, 0.6) is 0 Å². The van der Waals surface area contributed by atoms with Crippen molar-refractivity contribution in [2.45, 2.75) is 31.6 Å². The quantitative estimate of drug-likeness (QED) is 0.578. The molecule has 0 aliphatic carbocycles. The fourth-order valence-corrected chi connectivity index (χ4v) is 3.94. The van der Waals surface area contributed by atoms with Gasteiger partial charge in [0, 0.05) is 6.04 Å². The van der Waals surface area contributed by atoms with Gasteiger partial charge in [-0.1, -0.05) is 48.2 Å². The summed E-state index contributed by atoms with van der Waals surface area (Å²) in [6, 6.07) is 13.4. The second kappa shape index (κ2) is 9.52. The summed E-state index contributed by atoms with van der Waals surface area (Å²) in [5.41, 5.74) is 1.11. The number of rotatable bonds is 7. The summed E-state index contributed by atoms with van der Waals surface area (Å²) in [4.78, 5) is 24.7. The number of carbonyl (C=O) groups is 2. The van der Waals surface area contributed by atoms with Gasteiger partial charge in [-0.2, -0.15) is 0 Å². The van der Waals surface area contributed by atoms with Crippen LogP contribution in [-0.2, 0) is 11.3 Å². The van der Waals surface area contributed by atoms with E-state index in [1.165, 1.54) is 11.8 Å². The Hall–Kier alpha value is -2.65. The van der Waals surface area contributed by atoms with Crippen LogP contribution in [0.4, 0.5) is 4.79 Å². The van der Waals surface area contributed by atoms with Crippen molar-refractivity contribution >= 4 is 35.0 Å². The predicted octanol–water partition coefficient (Wildman–Crippen LogP) is 3.38. The molecule has 146 valence electrons. The molecule has 0 saturated heterocycles. The van der Waals surface area contributed by atoms with E-state index in [0.717, 1.165) is 16.3 Å². The molecule has 28 heavy (non-hydrogen) atoms. The zero-order valence-corrected chi connectivity index (χ0v) is 17.2. The number of carbonyl (C=O) groups excluding carboxylic acids is 2. The zero-order chi connectivity index (χ0) is 19.9.